The molecule has 1 atom stereocenters. The van der Waals surface area contributed by atoms with Crippen LogP contribution in [0.2, 0.25) is 0 Å². The van der Waals surface area contributed by atoms with Gasteiger partial charge in [0, 0.05) is 18.7 Å². The van der Waals surface area contributed by atoms with Crippen LogP contribution in [0.15, 0.2) is 60.7 Å². The minimum absolute atomic E-state index is 0.0317. The number of carbonyl (C=O) groups excluding carboxylic acids is 1. The highest BCUT2D eigenvalue weighted by molar-refractivity contribution is 5.95. The molecule has 0 aliphatic rings. The van der Waals surface area contributed by atoms with Gasteiger partial charge >= 0.3 is 0 Å². The third-order valence-electron chi connectivity index (χ3n) is 7.01. The molecule has 6 heteroatoms. The molecular formula is C31H37FN4O. The number of benzene rings is 3. The molecule has 0 aliphatic carbocycles. The lowest BCUT2D eigenvalue weighted by atomic mass is 9.98. The second kappa shape index (κ2) is 11.3. The van der Waals surface area contributed by atoms with Gasteiger partial charge in [0.25, 0.3) is 5.91 Å². The van der Waals surface area contributed by atoms with E-state index >= 15 is 0 Å². The van der Waals surface area contributed by atoms with Gasteiger partial charge in [0.15, 0.2) is 0 Å². The molecule has 1 heterocycles. The Morgan fingerprint density at radius 3 is 2.49 bits per heavy atom. The van der Waals surface area contributed by atoms with Crippen LogP contribution in [0, 0.1) is 32.5 Å². The Morgan fingerprint density at radius 2 is 1.81 bits per heavy atom. The number of halogens is 1. The summed E-state index contributed by atoms with van der Waals surface area (Å²) in [5.74, 6) is 0.580. The maximum atomic E-state index is 14.1. The number of imidazole rings is 1. The van der Waals surface area contributed by atoms with Crippen molar-refractivity contribution in [2.24, 2.45) is 11.7 Å². The minimum atomic E-state index is -0.290. The summed E-state index contributed by atoms with van der Waals surface area (Å²) in [6.45, 7) is 11.8. The molecular weight excluding hydrogens is 463 g/mol. The van der Waals surface area contributed by atoms with E-state index < -0.39 is 0 Å². The van der Waals surface area contributed by atoms with Crippen molar-refractivity contribution in [2.45, 2.75) is 53.6 Å². The number of aromatic nitrogens is 2. The second-order valence-corrected chi connectivity index (χ2v) is 10.3. The predicted octanol–water partition coefficient (Wildman–Crippen LogP) is 6.34. The van der Waals surface area contributed by atoms with Crippen LogP contribution in [0.1, 0.15) is 64.7 Å². The van der Waals surface area contributed by atoms with Crippen molar-refractivity contribution in [1.29, 1.82) is 0 Å². The number of rotatable bonds is 9. The summed E-state index contributed by atoms with van der Waals surface area (Å²) < 4.78 is 16.2. The van der Waals surface area contributed by atoms with E-state index in [-0.39, 0.29) is 23.7 Å². The number of carbonyl (C=O) groups is 1. The summed E-state index contributed by atoms with van der Waals surface area (Å²) in [5.41, 5.74) is 12.6. The lowest BCUT2D eigenvalue weighted by molar-refractivity contribution is 0.0605. The van der Waals surface area contributed by atoms with Crippen molar-refractivity contribution >= 4 is 16.9 Å². The molecule has 4 rings (SSSR count). The molecule has 4 aromatic rings. The van der Waals surface area contributed by atoms with Crippen LogP contribution in [0.4, 0.5) is 4.39 Å². The summed E-state index contributed by atoms with van der Waals surface area (Å²) in [7, 11) is 0. The SMILES string of the molecule is Cc1ccc2c(c1)nc(C(C(C)C)N(CCCN)C(=O)c1ccc(C)c(C)c1)n2Cc1cccc(F)c1. The predicted molar refractivity (Wildman–Crippen MR) is 148 cm³/mol. The van der Waals surface area contributed by atoms with Gasteiger partial charge in [-0.2, -0.15) is 0 Å². The smallest absolute Gasteiger partial charge is 0.254 e. The molecule has 3 aromatic carbocycles. The van der Waals surface area contributed by atoms with Crippen LogP contribution in [-0.2, 0) is 6.54 Å². The van der Waals surface area contributed by atoms with Gasteiger partial charge in [-0.25, -0.2) is 9.37 Å². The first-order valence-corrected chi connectivity index (χ1v) is 13.0. The van der Waals surface area contributed by atoms with Crippen LogP contribution < -0.4 is 5.73 Å². The molecule has 0 radical (unpaired) electrons. The fourth-order valence-electron chi connectivity index (χ4n) is 4.93. The first kappa shape index (κ1) is 26.6. The average molecular weight is 501 g/mol. The standard InChI is InChI=1S/C31H37FN4O/c1-20(2)29(35(15-7-14-33)31(37)25-12-11-22(4)23(5)17-25)30-34-27-16-21(3)10-13-28(27)36(30)19-24-8-6-9-26(32)18-24/h6,8-13,16-18,20,29H,7,14-15,19,33H2,1-5H3. The molecule has 0 aliphatic heterocycles. The molecule has 37 heavy (non-hydrogen) atoms. The lowest BCUT2D eigenvalue weighted by Crippen LogP contribution is -2.40. The Hall–Kier alpha value is -3.51. The fourth-order valence-corrected chi connectivity index (χ4v) is 4.93. The second-order valence-electron chi connectivity index (χ2n) is 10.3. The molecule has 0 bridgehead atoms. The summed E-state index contributed by atoms with van der Waals surface area (Å²) in [6, 6.07) is 18.4. The van der Waals surface area contributed by atoms with E-state index in [0.717, 1.165) is 39.1 Å². The van der Waals surface area contributed by atoms with E-state index in [1.807, 2.05) is 49.9 Å². The Bertz CT molecular complexity index is 1410. The molecule has 5 nitrogen and oxygen atoms in total. The van der Waals surface area contributed by atoms with Gasteiger partial charge in [0.05, 0.1) is 17.1 Å². The van der Waals surface area contributed by atoms with Crippen LogP contribution in [-0.4, -0.2) is 33.4 Å². The summed E-state index contributed by atoms with van der Waals surface area (Å²) in [5, 5.41) is 0. The first-order valence-electron chi connectivity index (χ1n) is 13.0. The maximum absolute atomic E-state index is 14.1. The van der Waals surface area contributed by atoms with Crippen LogP contribution in [0.5, 0.6) is 0 Å². The zero-order chi connectivity index (χ0) is 26.7. The number of fused-ring (bicyclic) bond motifs is 1. The highest BCUT2D eigenvalue weighted by atomic mass is 19.1. The largest absolute Gasteiger partial charge is 0.330 e. The Balaban J connectivity index is 1.87. The molecule has 194 valence electrons. The Morgan fingerprint density at radius 1 is 1.03 bits per heavy atom. The van der Waals surface area contributed by atoms with Crippen molar-refractivity contribution in [3.63, 3.8) is 0 Å². The molecule has 0 saturated heterocycles. The van der Waals surface area contributed by atoms with E-state index in [1.54, 1.807) is 12.1 Å². The maximum Gasteiger partial charge on any atom is 0.254 e. The quantitative estimate of drug-likeness (QED) is 0.292. The first-order chi connectivity index (χ1) is 17.7. The number of aryl methyl sites for hydroxylation is 3. The zero-order valence-electron chi connectivity index (χ0n) is 22.5. The van der Waals surface area contributed by atoms with E-state index in [2.05, 4.69) is 36.6 Å². The van der Waals surface area contributed by atoms with Gasteiger partial charge in [0.1, 0.15) is 11.6 Å². The summed E-state index contributed by atoms with van der Waals surface area (Å²) >= 11 is 0. The average Bonchev–Trinajstić information content (AvgIpc) is 3.19. The molecule has 2 N–H and O–H groups in total. The van der Waals surface area contributed by atoms with Gasteiger partial charge in [-0.15, -0.1) is 0 Å². The van der Waals surface area contributed by atoms with Gasteiger partial charge in [-0.1, -0.05) is 38.1 Å². The number of hydrogen-bond acceptors (Lipinski definition) is 3. The van der Waals surface area contributed by atoms with E-state index in [0.29, 0.717) is 31.6 Å². The highest BCUT2D eigenvalue weighted by Gasteiger charge is 2.33. The number of nitrogens with two attached hydrogens (primary N) is 1. The lowest BCUT2D eigenvalue weighted by Gasteiger charge is -2.35. The molecule has 1 unspecified atom stereocenters. The molecule has 0 saturated carbocycles. The van der Waals surface area contributed by atoms with Gasteiger partial charge in [-0.05, 0) is 98.3 Å². The molecule has 1 amide bonds. The van der Waals surface area contributed by atoms with E-state index in [4.69, 9.17) is 10.7 Å². The third kappa shape index (κ3) is 5.75. The molecule has 0 fully saturated rings. The number of hydrogen-bond donors (Lipinski definition) is 1. The number of nitrogens with zero attached hydrogens (tertiary/aromatic N) is 3. The van der Waals surface area contributed by atoms with E-state index in [1.165, 1.54) is 6.07 Å². The molecule has 0 spiro atoms. The normalized spacial score (nSPS) is 12.3. The van der Waals surface area contributed by atoms with Crippen molar-refractivity contribution in [2.75, 3.05) is 13.1 Å². The third-order valence-corrected chi connectivity index (χ3v) is 7.01. The van der Waals surface area contributed by atoms with Crippen molar-refractivity contribution in [3.05, 3.63) is 100 Å². The van der Waals surface area contributed by atoms with Crippen molar-refractivity contribution in [3.8, 4) is 0 Å². The number of amides is 1. The van der Waals surface area contributed by atoms with E-state index in [9.17, 15) is 9.18 Å². The van der Waals surface area contributed by atoms with Gasteiger partial charge in [-0.3, -0.25) is 4.79 Å². The van der Waals surface area contributed by atoms with Crippen LogP contribution >= 0.6 is 0 Å². The van der Waals surface area contributed by atoms with Crippen LogP contribution in [0.3, 0.4) is 0 Å². The minimum Gasteiger partial charge on any atom is -0.330 e. The van der Waals surface area contributed by atoms with Crippen LogP contribution in [0.25, 0.3) is 11.0 Å². The van der Waals surface area contributed by atoms with Gasteiger partial charge < -0.3 is 15.2 Å². The molecule has 1 aromatic heterocycles. The van der Waals surface area contributed by atoms with Crippen molar-refractivity contribution in [1.82, 2.24) is 14.5 Å². The summed E-state index contributed by atoms with van der Waals surface area (Å²) in [4.78, 5) is 21.0. The summed E-state index contributed by atoms with van der Waals surface area (Å²) in [6.07, 6.45) is 0.684. The van der Waals surface area contributed by atoms with Crippen molar-refractivity contribution < 1.29 is 9.18 Å². The highest BCUT2D eigenvalue weighted by Crippen LogP contribution is 2.33. The monoisotopic (exact) mass is 500 g/mol. The zero-order valence-corrected chi connectivity index (χ0v) is 22.5. The Labute approximate surface area is 219 Å². The topological polar surface area (TPSA) is 64.2 Å². The fraction of sp³-hybridized carbons (Fsp3) is 0.355. The Kier molecular flexibility index (Phi) is 8.08. The van der Waals surface area contributed by atoms with Gasteiger partial charge in [0.2, 0.25) is 0 Å².